The fourth-order valence-electron chi connectivity index (χ4n) is 4.24. The third-order valence-corrected chi connectivity index (χ3v) is 5.53. The molecule has 1 saturated heterocycles. The molecule has 5 nitrogen and oxygen atoms in total. The zero-order valence-corrected chi connectivity index (χ0v) is 14.8. The van der Waals surface area contributed by atoms with Crippen LogP contribution in [0.4, 0.5) is 15.8 Å². The molecule has 25 heavy (non-hydrogen) atoms. The Hall–Kier alpha value is -1.66. The molecular formula is C18H23ClFN3O2. The van der Waals surface area contributed by atoms with Gasteiger partial charge in [-0.1, -0.05) is 12.8 Å². The van der Waals surface area contributed by atoms with E-state index in [0.717, 1.165) is 18.4 Å². The number of nitrogens with one attached hydrogen (secondary N) is 3. The van der Waals surface area contributed by atoms with Gasteiger partial charge in [-0.2, -0.15) is 0 Å². The van der Waals surface area contributed by atoms with Gasteiger partial charge in [0.05, 0.1) is 11.7 Å². The summed E-state index contributed by atoms with van der Waals surface area (Å²) in [6, 6.07) is 3.10. The molecule has 7 heteroatoms. The van der Waals surface area contributed by atoms with Crippen molar-refractivity contribution in [2.45, 2.75) is 57.0 Å². The topological polar surface area (TPSA) is 70.2 Å². The predicted molar refractivity (Wildman–Crippen MR) is 96.5 cm³/mol. The molecule has 1 saturated carbocycles. The molecule has 0 radical (unpaired) electrons. The lowest BCUT2D eigenvalue weighted by Crippen LogP contribution is -2.40. The molecule has 0 bridgehead atoms. The van der Waals surface area contributed by atoms with Crippen LogP contribution in [0.25, 0.3) is 0 Å². The Morgan fingerprint density at radius 2 is 2.00 bits per heavy atom. The Balaban J connectivity index is 0.00000182. The molecular weight excluding hydrogens is 345 g/mol. The lowest BCUT2D eigenvalue weighted by Gasteiger charge is -2.24. The van der Waals surface area contributed by atoms with Crippen molar-refractivity contribution >= 4 is 35.6 Å². The first-order chi connectivity index (χ1) is 11.6. The summed E-state index contributed by atoms with van der Waals surface area (Å²) < 4.78 is 14.3. The number of halogens is 2. The zero-order valence-electron chi connectivity index (χ0n) is 13.9. The van der Waals surface area contributed by atoms with Crippen molar-refractivity contribution in [3.05, 3.63) is 23.5 Å². The second-order valence-electron chi connectivity index (χ2n) is 7.13. The molecule has 2 fully saturated rings. The van der Waals surface area contributed by atoms with E-state index in [4.69, 9.17) is 0 Å². The van der Waals surface area contributed by atoms with Crippen LogP contribution in [0.3, 0.4) is 0 Å². The van der Waals surface area contributed by atoms with Gasteiger partial charge in [-0.3, -0.25) is 9.59 Å². The van der Waals surface area contributed by atoms with Crippen LogP contribution in [0.2, 0.25) is 0 Å². The minimum absolute atomic E-state index is 0. The van der Waals surface area contributed by atoms with Gasteiger partial charge in [0.25, 0.3) is 0 Å². The van der Waals surface area contributed by atoms with E-state index in [1.807, 2.05) is 0 Å². The number of carbonyl (C=O) groups is 2. The number of aryl methyl sites for hydroxylation is 1. The number of hydrogen-bond donors (Lipinski definition) is 3. The zero-order chi connectivity index (χ0) is 16.7. The number of rotatable bonds is 2. The summed E-state index contributed by atoms with van der Waals surface area (Å²) in [5, 5.41) is 8.83. The average molecular weight is 368 g/mol. The molecule has 136 valence electrons. The maximum Gasteiger partial charge on any atom is 0.241 e. The normalized spacial score (nSPS) is 27.6. The first-order valence-corrected chi connectivity index (χ1v) is 8.79. The van der Waals surface area contributed by atoms with E-state index in [-0.39, 0.29) is 36.0 Å². The van der Waals surface area contributed by atoms with Crippen molar-refractivity contribution in [2.75, 3.05) is 10.6 Å². The maximum atomic E-state index is 14.3. The standard InChI is InChI=1S/C18H22FN3O2.ClH/c19-12-7-11-5-6-17(23)21-14(11)9-15(12)22-18(24)16-8-10-3-1-2-4-13(10)20-16;/h7,9-10,13,16,20H,1-6,8H2,(H,21,23)(H,22,24);1H. The Morgan fingerprint density at radius 3 is 2.80 bits per heavy atom. The van der Waals surface area contributed by atoms with Crippen molar-refractivity contribution < 1.29 is 14.0 Å². The molecule has 0 spiro atoms. The number of hydrogen-bond acceptors (Lipinski definition) is 3. The van der Waals surface area contributed by atoms with Crippen LogP contribution in [0, 0.1) is 11.7 Å². The molecule has 3 unspecified atom stereocenters. The molecule has 1 aliphatic carbocycles. The SMILES string of the molecule is Cl.O=C1CCc2cc(F)c(NC(=O)C3CC4CCCCC4N3)cc2N1. The Morgan fingerprint density at radius 1 is 1.20 bits per heavy atom. The van der Waals surface area contributed by atoms with Gasteiger partial charge < -0.3 is 16.0 Å². The highest BCUT2D eigenvalue weighted by molar-refractivity contribution is 5.98. The van der Waals surface area contributed by atoms with Crippen LogP contribution in [0.15, 0.2) is 12.1 Å². The lowest BCUT2D eigenvalue weighted by atomic mass is 9.85. The fraction of sp³-hybridized carbons (Fsp3) is 0.556. The van der Waals surface area contributed by atoms with Crippen LogP contribution < -0.4 is 16.0 Å². The quantitative estimate of drug-likeness (QED) is 0.752. The van der Waals surface area contributed by atoms with Gasteiger partial charge in [0.15, 0.2) is 0 Å². The van der Waals surface area contributed by atoms with Gasteiger partial charge in [0.1, 0.15) is 5.82 Å². The van der Waals surface area contributed by atoms with E-state index in [2.05, 4.69) is 16.0 Å². The molecule has 2 heterocycles. The first kappa shape index (κ1) is 18.1. The van der Waals surface area contributed by atoms with E-state index in [1.165, 1.54) is 31.4 Å². The lowest BCUT2D eigenvalue weighted by molar-refractivity contribution is -0.118. The second-order valence-corrected chi connectivity index (χ2v) is 7.13. The van der Waals surface area contributed by atoms with Gasteiger partial charge in [0, 0.05) is 18.2 Å². The fourth-order valence-corrected chi connectivity index (χ4v) is 4.24. The molecule has 3 aliphatic rings. The number of amides is 2. The van der Waals surface area contributed by atoms with Crippen LogP contribution in [0.5, 0.6) is 0 Å². The molecule has 2 aliphatic heterocycles. The third-order valence-electron chi connectivity index (χ3n) is 5.53. The number of anilines is 2. The van der Waals surface area contributed by atoms with E-state index < -0.39 is 5.82 Å². The predicted octanol–water partition coefficient (Wildman–Crippen LogP) is 2.99. The van der Waals surface area contributed by atoms with Gasteiger partial charge in [-0.25, -0.2) is 4.39 Å². The number of carbonyl (C=O) groups excluding carboxylic acids is 2. The van der Waals surface area contributed by atoms with E-state index >= 15 is 0 Å². The van der Waals surface area contributed by atoms with Gasteiger partial charge in [-0.05, 0) is 49.3 Å². The molecule has 1 aromatic carbocycles. The summed E-state index contributed by atoms with van der Waals surface area (Å²) in [5.41, 5.74) is 1.50. The molecule has 1 aromatic rings. The summed E-state index contributed by atoms with van der Waals surface area (Å²) in [6.07, 6.45) is 6.44. The van der Waals surface area contributed by atoms with Gasteiger partial charge >= 0.3 is 0 Å². The summed E-state index contributed by atoms with van der Waals surface area (Å²) >= 11 is 0. The van der Waals surface area contributed by atoms with Crippen molar-refractivity contribution in [1.82, 2.24) is 5.32 Å². The van der Waals surface area contributed by atoms with E-state index in [1.54, 1.807) is 0 Å². The summed E-state index contributed by atoms with van der Waals surface area (Å²) in [6.45, 7) is 0. The molecule has 4 rings (SSSR count). The van der Waals surface area contributed by atoms with E-state index in [0.29, 0.717) is 30.5 Å². The molecule has 3 atom stereocenters. The molecule has 3 N–H and O–H groups in total. The number of benzene rings is 1. The minimum Gasteiger partial charge on any atom is -0.326 e. The van der Waals surface area contributed by atoms with Crippen LogP contribution in [-0.2, 0) is 16.0 Å². The highest BCUT2D eigenvalue weighted by Crippen LogP contribution is 2.34. The summed E-state index contributed by atoms with van der Waals surface area (Å²) in [7, 11) is 0. The smallest absolute Gasteiger partial charge is 0.241 e. The second kappa shape index (κ2) is 7.30. The van der Waals surface area contributed by atoms with Crippen LogP contribution in [-0.4, -0.2) is 23.9 Å². The Kier molecular flexibility index (Phi) is 5.29. The van der Waals surface area contributed by atoms with Crippen LogP contribution >= 0.6 is 12.4 Å². The number of fused-ring (bicyclic) bond motifs is 2. The molecule has 0 aromatic heterocycles. The van der Waals surface area contributed by atoms with Crippen molar-refractivity contribution in [3.8, 4) is 0 Å². The van der Waals surface area contributed by atoms with E-state index in [9.17, 15) is 14.0 Å². The molecule has 2 amide bonds. The highest BCUT2D eigenvalue weighted by atomic mass is 35.5. The third kappa shape index (κ3) is 3.65. The van der Waals surface area contributed by atoms with Crippen molar-refractivity contribution in [3.63, 3.8) is 0 Å². The van der Waals surface area contributed by atoms with Gasteiger partial charge in [-0.15, -0.1) is 12.4 Å². The first-order valence-electron chi connectivity index (χ1n) is 8.79. The van der Waals surface area contributed by atoms with Crippen molar-refractivity contribution in [1.29, 1.82) is 0 Å². The highest BCUT2D eigenvalue weighted by Gasteiger charge is 2.38. The van der Waals surface area contributed by atoms with Crippen LogP contribution in [0.1, 0.15) is 44.1 Å². The minimum atomic E-state index is -0.450. The largest absolute Gasteiger partial charge is 0.326 e. The van der Waals surface area contributed by atoms with Gasteiger partial charge in [0.2, 0.25) is 11.8 Å². The summed E-state index contributed by atoms with van der Waals surface area (Å²) in [5.74, 6) is -0.158. The van der Waals surface area contributed by atoms with Crippen molar-refractivity contribution in [2.24, 2.45) is 5.92 Å². The maximum absolute atomic E-state index is 14.3. The Labute approximate surface area is 152 Å². The monoisotopic (exact) mass is 367 g/mol. The summed E-state index contributed by atoms with van der Waals surface area (Å²) in [4.78, 5) is 24.0. The average Bonchev–Trinajstić information content (AvgIpc) is 3.00. The Bertz CT molecular complexity index is 683.